The molecule has 0 unspecified atom stereocenters. The van der Waals surface area contributed by atoms with E-state index in [1.54, 1.807) is 17.8 Å². The molecule has 1 aromatic heterocycles. The van der Waals surface area contributed by atoms with Crippen molar-refractivity contribution in [2.75, 3.05) is 5.73 Å². The fraction of sp³-hybridized carbons (Fsp3) is 0.357. The van der Waals surface area contributed by atoms with Gasteiger partial charge in [0.1, 0.15) is 5.69 Å². The first-order chi connectivity index (χ1) is 10.0. The van der Waals surface area contributed by atoms with Gasteiger partial charge in [0.25, 0.3) is 5.69 Å². The van der Waals surface area contributed by atoms with Gasteiger partial charge in [0.2, 0.25) is 0 Å². The number of aromatic nitrogens is 2. The summed E-state index contributed by atoms with van der Waals surface area (Å²) in [6.07, 6.45) is 2.89. The lowest BCUT2D eigenvalue weighted by Gasteiger charge is -2.08. The van der Waals surface area contributed by atoms with Crippen LogP contribution in [-0.4, -0.2) is 14.5 Å². The zero-order valence-corrected chi connectivity index (χ0v) is 12.9. The van der Waals surface area contributed by atoms with Gasteiger partial charge in [0.05, 0.1) is 22.6 Å². The molecule has 0 spiro atoms. The fourth-order valence-electron chi connectivity index (χ4n) is 2.05. The Morgan fingerprint density at radius 1 is 1.48 bits per heavy atom. The topological polar surface area (TPSA) is 87.0 Å². The second kappa shape index (κ2) is 6.62. The van der Waals surface area contributed by atoms with Gasteiger partial charge in [-0.25, -0.2) is 4.98 Å². The monoisotopic (exact) mass is 306 g/mol. The van der Waals surface area contributed by atoms with E-state index in [4.69, 9.17) is 5.73 Å². The third-order valence-corrected chi connectivity index (χ3v) is 4.20. The summed E-state index contributed by atoms with van der Waals surface area (Å²) < 4.78 is 2.13. The van der Waals surface area contributed by atoms with Crippen LogP contribution in [0.4, 0.5) is 11.4 Å². The van der Waals surface area contributed by atoms with Gasteiger partial charge < -0.3 is 10.3 Å². The van der Waals surface area contributed by atoms with E-state index in [2.05, 4.69) is 16.5 Å². The summed E-state index contributed by atoms with van der Waals surface area (Å²) in [4.78, 5) is 15.6. The summed E-state index contributed by atoms with van der Waals surface area (Å²) in [7, 11) is 0. The summed E-state index contributed by atoms with van der Waals surface area (Å²) in [5.41, 5.74) is 7.91. The highest BCUT2D eigenvalue weighted by molar-refractivity contribution is 7.98. The van der Waals surface area contributed by atoms with Gasteiger partial charge in [-0.2, -0.15) is 0 Å². The molecular formula is C14H18N4O2S. The van der Waals surface area contributed by atoms with Crippen molar-refractivity contribution in [3.8, 4) is 0 Å². The second-order valence-electron chi connectivity index (χ2n) is 4.74. The highest BCUT2D eigenvalue weighted by atomic mass is 32.2. The molecule has 0 saturated heterocycles. The number of nitro groups is 1. The van der Waals surface area contributed by atoms with E-state index < -0.39 is 4.92 Å². The Bertz CT molecular complexity index is 654. The minimum Gasteiger partial charge on any atom is -0.393 e. The lowest BCUT2D eigenvalue weighted by molar-refractivity contribution is -0.384. The summed E-state index contributed by atoms with van der Waals surface area (Å²) in [5.74, 6) is 0.729. The van der Waals surface area contributed by atoms with E-state index in [0.29, 0.717) is 0 Å². The van der Waals surface area contributed by atoms with Crippen LogP contribution in [0.15, 0.2) is 29.4 Å². The number of hydrogen-bond donors (Lipinski definition) is 1. The van der Waals surface area contributed by atoms with Crippen molar-refractivity contribution in [3.05, 3.63) is 46.0 Å². The average molecular weight is 306 g/mol. The van der Waals surface area contributed by atoms with Crippen molar-refractivity contribution in [2.45, 2.75) is 37.5 Å². The standard InChI is InChI=1S/C14H18N4O2S/c1-3-6-17-9-16-10(2)14(17)8-21-11-4-5-12(15)13(7-11)18(19)20/h4-5,7,9H,3,6,8,15H2,1-2H3. The van der Waals surface area contributed by atoms with Crippen molar-refractivity contribution in [1.29, 1.82) is 0 Å². The van der Waals surface area contributed by atoms with E-state index in [0.717, 1.165) is 35.0 Å². The Labute approximate surface area is 127 Å². The lowest BCUT2D eigenvalue weighted by atomic mass is 10.3. The molecule has 112 valence electrons. The highest BCUT2D eigenvalue weighted by Gasteiger charge is 2.13. The van der Waals surface area contributed by atoms with Gasteiger partial charge in [-0.05, 0) is 25.5 Å². The molecule has 1 aromatic carbocycles. The van der Waals surface area contributed by atoms with Crippen LogP contribution in [0.3, 0.4) is 0 Å². The molecule has 0 radical (unpaired) electrons. The maximum Gasteiger partial charge on any atom is 0.293 e. The Balaban J connectivity index is 2.15. The Hall–Kier alpha value is -2.02. The number of nitro benzene ring substituents is 1. The first-order valence-electron chi connectivity index (χ1n) is 6.70. The minimum atomic E-state index is -0.452. The molecule has 2 N–H and O–H groups in total. The molecule has 6 nitrogen and oxygen atoms in total. The number of imidazole rings is 1. The molecule has 21 heavy (non-hydrogen) atoms. The Morgan fingerprint density at radius 2 is 2.24 bits per heavy atom. The van der Waals surface area contributed by atoms with Crippen LogP contribution in [0, 0.1) is 17.0 Å². The first kappa shape index (κ1) is 15.4. The largest absolute Gasteiger partial charge is 0.393 e. The van der Waals surface area contributed by atoms with E-state index in [1.807, 2.05) is 19.3 Å². The van der Waals surface area contributed by atoms with Crippen LogP contribution in [0.2, 0.25) is 0 Å². The number of rotatable bonds is 6. The zero-order chi connectivity index (χ0) is 15.4. The van der Waals surface area contributed by atoms with Crippen LogP contribution in [0.5, 0.6) is 0 Å². The van der Waals surface area contributed by atoms with E-state index in [-0.39, 0.29) is 11.4 Å². The van der Waals surface area contributed by atoms with Crippen molar-refractivity contribution < 1.29 is 4.92 Å². The predicted octanol–water partition coefficient (Wildman–Crippen LogP) is 3.38. The molecule has 7 heteroatoms. The van der Waals surface area contributed by atoms with Crippen molar-refractivity contribution in [2.24, 2.45) is 0 Å². The average Bonchev–Trinajstić information content (AvgIpc) is 2.79. The number of hydrogen-bond acceptors (Lipinski definition) is 5. The van der Waals surface area contributed by atoms with Crippen molar-refractivity contribution in [3.63, 3.8) is 0 Å². The van der Waals surface area contributed by atoms with Crippen molar-refractivity contribution >= 4 is 23.1 Å². The van der Waals surface area contributed by atoms with Gasteiger partial charge in [-0.15, -0.1) is 11.8 Å². The smallest absolute Gasteiger partial charge is 0.293 e. The molecule has 0 amide bonds. The summed E-state index contributed by atoms with van der Waals surface area (Å²) >= 11 is 1.55. The minimum absolute atomic E-state index is 0.0428. The maximum atomic E-state index is 10.9. The molecule has 0 aliphatic rings. The quantitative estimate of drug-likeness (QED) is 0.382. The summed E-state index contributed by atoms with van der Waals surface area (Å²) in [6, 6.07) is 4.91. The Morgan fingerprint density at radius 3 is 2.90 bits per heavy atom. The molecule has 0 aliphatic carbocycles. The van der Waals surface area contributed by atoms with E-state index >= 15 is 0 Å². The lowest BCUT2D eigenvalue weighted by Crippen LogP contribution is -2.01. The third kappa shape index (κ3) is 3.55. The van der Waals surface area contributed by atoms with Gasteiger partial charge in [0.15, 0.2) is 0 Å². The summed E-state index contributed by atoms with van der Waals surface area (Å²) in [6.45, 7) is 5.03. The van der Waals surface area contributed by atoms with E-state index in [1.165, 1.54) is 6.07 Å². The summed E-state index contributed by atoms with van der Waals surface area (Å²) in [5, 5.41) is 10.9. The van der Waals surface area contributed by atoms with Crippen LogP contribution in [0.1, 0.15) is 24.7 Å². The number of nitrogens with zero attached hydrogens (tertiary/aromatic N) is 3. The first-order valence-corrected chi connectivity index (χ1v) is 7.68. The molecule has 0 atom stereocenters. The SMILES string of the molecule is CCCn1cnc(C)c1CSc1ccc(N)c([N+](=O)[O-])c1. The molecular weight excluding hydrogens is 288 g/mol. The molecule has 0 bridgehead atoms. The third-order valence-electron chi connectivity index (χ3n) is 3.19. The number of nitrogens with two attached hydrogens (primary N) is 1. The molecule has 2 rings (SSSR count). The molecule has 0 saturated carbocycles. The van der Waals surface area contributed by atoms with E-state index in [9.17, 15) is 10.1 Å². The van der Waals surface area contributed by atoms with Gasteiger partial charge in [-0.1, -0.05) is 6.92 Å². The molecule has 2 aromatic rings. The van der Waals surface area contributed by atoms with Gasteiger partial charge >= 0.3 is 0 Å². The van der Waals surface area contributed by atoms with Crippen LogP contribution in [0.25, 0.3) is 0 Å². The fourth-order valence-corrected chi connectivity index (χ4v) is 3.09. The second-order valence-corrected chi connectivity index (χ2v) is 5.79. The molecule has 0 aliphatic heterocycles. The molecule has 1 heterocycles. The highest BCUT2D eigenvalue weighted by Crippen LogP contribution is 2.30. The number of anilines is 1. The number of thioether (sulfide) groups is 1. The normalized spacial score (nSPS) is 10.8. The molecule has 0 fully saturated rings. The van der Waals surface area contributed by atoms with Crippen molar-refractivity contribution in [1.82, 2.24) is 9.55 Å². The number of nitrogen functional groups attached to an aromatic ring is 1. The van der Waals surface area contributed by atoms with Gasteiger partial charge in [0, 0.05) is 23.3 Å². The van der Waals surface area contributed by atoms with Crippen LogP contribution in [-0.2, 0) is 12.3 Å². The number of benzene rings is 1. The zero-order valence-electron chi connectivity index (χ0n) is 12.1. The Kier molecular flexibility index (Phi) is 4.85. The predicted molar refractivity (Wildman–Crippen MR) is 84.3 cm³/mol. The van der Waals surface area contributed by atoms with Crippen LogP contribution < -0.4 is 5.73 Å². The van der Waals surface area contributed by atoms with Crippen LogP contribution >= 0.6 is 11.8 Å². The maximum absolute atomic E-state index is 10.9. The van der Waals surface area contributed by atoms with Gasteiger partial charge in [-0.3, -0.25) is 10.1 Å². The number of aryl methyl sites for hydroxylation is 2.